The predicted molar refractivity (Wildman–Crippen MR) is 69.9 cm³/mol. The Balaban J connectivity index is 2.26. The lowest BCUT2D eigenvalue weighted by Gasteiger charge is -2.36. The third-order valence-electron chi connectivity index (χ3n) is 3.67. The van der Waals surface area contributed by atoms with E-state index in [-0.39, 0.29) is 0 Å². The fraction of sp³-hybridized carbons (Fsp3) is 0.600. The molecule has 1 aliphatic rings. The quantitative estimate of drug-likeness (QED) is 0.760. The van der Waals surface area contributed by atoms with E-state index in [9.17, 15) is 0 Å². The lowest BCUT2D eigenvalue weighted by molar-refractivity contribution is 0.239. The van der Waals surface area contributed by atoms with Crippen LogP contribution >= 0.6 is 0 Å². The monoisotopic (exact) mass is 217 g/mol. The van der Waals surface area contributed by atoms with Gasteiger partial charge in [0.25, 0.3) is 0 Å². The zero-order chi connectivity index (χ0) is 11.8. The first-order valence-electron chi connectivity index (χ1n) is 6.26. The Morgan fingerprint density at radius 1 is 1.25 bits per heavy atom. The van der Waals surface area contributed by atoms with Gasteiger partial charge < -0.3 is 5.32 Å². The van der Waals surface area contributed by atoms with Crippen LogP contribution in [0.5, 0.6) is 0 Å². The molecular weight excluding hydrogens is 194 g/mol. The van der Waals surface area contributed by atoms with Gasteiger partial charge in [0.05, 0.1) is 0 Å². The fourth-order valence-electron chi connectivity index (χ4n) is 2.82. The van der Waals surface area contributed by atoms with E-state index in [2.05, 4.69) is 51.2 Å². The normalized spacial score (nSPS) is 24.4. The highest BCUT2D eigenvalue weighted by Crippen LogP contribution is 2.35. The van der Waals surface area contributed by atoms with Crippen molar-refractivity contribution in [1.29, 1.82) is 0 Å². The van der Waals surface area contributed by atoms with Crippen molar-refractivity contribution in [3.8, 4) is 0 Å². The van der Waals surface area contributed by atoms with Gasteiger partial charge in [-0.15, -0.1) is 0 Å². The van der Waals surface area contributed by atoms with E-state index in [4.69, 9.17) is 0 Å². The Kier molecular flexibility index (Phi) is 3.07. The fourth-order valence-corrected chi connectivity index (χ4v) is 2.82. The Morgan fingerprint density at radius 2 is 2.00 bits per heavy atom. The minimum atomic E-state index is 0.430. The molecular formula is C15H23N. The van der Waals surface area contributed by atoms with Crippen molar-refractivity contribution < 1.29 is 0 Å². The molecule has 1 aliphatic heterocycles. The smallest absolute Gasteiger partial charge is 0.00206 e. The van der Waals surface area contributed by atoms with Crippen molar-refractivity contribution in [1.82, 2.24) is 5.32 Å². The Labute approximate surface area is 99.3 Å². The minimum Gasteiger partial charge on any atom is -0.316 e. The largest absolute Gasteiger partial charge is 0.316 e. The molecule has 0 aromatic heterocycles. The van der Waals surface area contributed by atoms with Crippen molar-refractivity contribution in [2.75, 3.05) is 13.1 Å². The summed E-state index contributed by atoms with van der Waals surface area (Å²) < 4.78 is 0. The van der Waals surface area contributed by atoms with E-state index in [0.29, 0.717) is 11.3 Å². The van der Waals surface area contributed by atoms with Gasteiger partial charge in [0.1, 0.15) is 0 Å². The number of benzene rings is 1. The highest BCUT2D eigenvalue weighted by atomic mass is 14.9. The molecule has 88 valence electrons. The third-order valence-corrected chi connectivity index (χ3v) is 3.67. The number of rotatable bonds is 1. The number of nitrogens with one attached hydrogen (secondary N) is 1. The average molecular weight is 217 g/mol. The molecule has 1 saturated heterocycles. The van der Waals surface area contributed by atoms with Gasteiger partial charge in [-0.2, -0.15) is 0 Å². The molecule has 0 amide bonds. The summed E-state index contributed by atoms with van der Waals surface area (Å²) in [4.78, 5) is 0. The summed E-state index contributed by atoms with van der Waals surface area (Å²) in [5, 5.41) is 3.57. The van der Waals surface area contributed by atoms with Crippen LogP contribution in [-0.4, -0.2) is 13.1 Å². The molecule has 0 saturated carbocycles. The minimum absolute atomic E-state index is 0.430. The Bertz CT molecular complexity index is 379. The van der Waals surface area contributed by atoms with Gasteiger partial charge in [0, 0.05) is 13.1 Å². The lowest BCUT2D eigenvalue weighted by atomic mass is 9.76. The molecule has 1 nitrogen and oxygen atoms in total. The first kappa shape index (κ1) is 11.7. The Hall–Kier alpha value is -0.820. The maximum Gasteiger partial charge on any atom is 0.00206 e. The molecule has 0 bridgehead atoms. The second-order valence-electron chi connectivity index (χ2n) is 6.06. The van der Waals surface area contributed by atoms with Crippen LogP contribution in [0.1, 0.15) is 42.9 Å². The van der Waals surface area contributed by atoms with Crippen LogP contribution in [0.25, 0.3) is 0 Å². The van der Waals surface area contributed by atoms with Gasteiger partial charge in [-0.1, -0.05) is 37.6 Å². The van der Waals surface area contributed by atoms with Gasteiger partial charge >= 0.3 is 0 Å². The lowest BCUT2D eigenvalue weighted by Crippen LogP contribution is -2.40. The van der Waals surface area contributed by atoms with E-state index in [1.165, 1.54) is 17.5 Å². The van der Waals surface area contributed by atoms with Crippen LogP contribution in [0.3, 0.4) is 0 Å². The van der Waals surface area contributed by atoms with Crippen LogP contribution in [0, 0.1) is 19.3 Å². The first-order valence-corrected chi connectivity index (χ1v) is 6.26. The third kappa shape index (κ3) is 2.46. The molecule has 1 atom stereocenters. The number of aryl methyl sites for hydroxylation is 2. The SMILES string of the molecule is Cc1ccc(C)c(C2CNCC(C)(C)C2)c1. The summed E-state index contributed by atoms with van der Waals surface area (Å²) in [6.07, 6.45) is 1.30. The van der Waals surface area contributed by atoms with E-state index < -0.39 is 0 Å². The zero-order valence-corrected chi connectivity index (χ0v) is 10.9. The van der Waals surface area contributed by atoms with Crippen molar-refractivity contribution in [3.63, 3.8) is 0 Å². The summed E-state index contributed by atoms with van der Waals surface area (Å²) in [5.41, 5.74) is 4.79. The second kappa shape index (κ2) is 4.21. The maximum atomic E-state index is 3.57. The standard InChI is InChI=1S/C15H23N/c1-11-5-6-12(2)14(7-11)13-8-15(3,4)10-16-9-13/h5-7,13,16H,8-10H2,1-4H3. The van der Waals surface area contributed by atoms with E-state index in [0.717, 1.165) is 13.1 Å². The molecule has 1 unspecified atom stereocenters. The predicted octanol–water partition coefficient (Wildman–Crippen LogP) is 3.41. The van der Waals surface area contributed by atoms with Gasteiger partial charge in [0.15, 0.2) is 0 Å². The molecule has 0 aliphatic carbocycles. The average Bonchev–Trinajstić information content (AvgIpc) is 2.20. The number of piperidine rings is 1. The molecule has 1 aromatic rings. The molecule has 0 spiro atoms. The summed E-state index contributed by atoms with van der Waals surface area (Å²) >= 11 is 0. The van der Waals surface area contributed by atoms with E-state index >= 15 is 0 Å². The topological polar surface area (TPSA) is 12.0 Å². The van der Waals surface area contributed by atoms with Gasteiger partial charge in [-0.05, 0) is 42.7 Å². The van der Waals surface area contributed by atoms with Crippen LogP contribution in [0.4, 0.5) is 0 Å². The molecule has 1 heteroatoms. The summed E-state index contributed by atoms with van der Waals surface area (Å²) in [6.45, 7) is 11.4. The van der Waals surface area contributed by atoms with Crippen molar-refractivity contribution >= 4 is 0 Å². The van der Waals surface area contributed by atoms with E-state index in [1.54, 1.807) is 5.56 Å². The molecule has 1 heterocycles. The molecule has 2 rings (SSSR count). The van der Waals surface area contributed by atoms with E-state index in [1.807, 2.05) is 0 Å². The van der Waals surface area contributed by atoms with Crippen LogP contribution < -0.4 is 5.32 Å². The van der Waals surface area contributed by atoms with Crippen molar-refractivity contribution in [2.45, 2.75) is 40.0 Å². The van der Waals surface area contributed by atoms with Gasteiger partial charge in [-0.3, -0.25) is 0 Å². The molecule has 16 heavy (non-hydrogen) atoms. The Morgan fingerprint density at radius 3 is 2.69 bits per heavy atom. The number of hydrogen-bond acceptors (Lipinski definition) is 1. The van der Waals surface area contributed by atoms with Crippen LogP contribution in [0.2, 0.25) is 0 Å². The first-order chi connectivity index (χ1) is 7.48. The highest BCUT2D eigenvalue weighted by Gasteiger charge is 2.29. The maximum absolute atomic E-state index is 3.57. The van der Waals surface area contributed by atoms with Crippen LogP contribution in [-0.2, 0) is 0 Å². The molecule has 1 aromatic carbocycles. The summed E-state index contributed by atoms with van der Waals surface area (Å²) in [7, 11) is 0. The number of hydrogen-bond donors (Lipinski definition) is 1. The molecule has 0 radical (unpaired) electrons. The van der Waals surface area contributed by atoms with Crippen LogP contribution in [0.15, 0.2) is 18.2 Å². The zero-order valence-electron chi connectivity index (χ0n) is 10.9. The molecule has 1 N–H and O–H groups in total. The van der Waals surface area contributed by atoms with Gasteiger partial charge in [-0.25, -0.2) is 0 Å². The second-order valence-corrected chi connectivity index (χ2v) is 6.06. The summed E-state index contributed by atoms with van der Waals surface area (Å²) in [5.74, 6) is 0.684. The summed E-state index contributed by atoms with van der Waals surface area (Å²) in [6, 6.07) is 6.83. The highest BCUT2D eigenvalue weighted by molar-refractivity contribution is 5.34. The molecule has 1 fully saturated rings. The van der Waals surface area contributed by atoms with Crippen molar-refractivity contribution in [3.05, 3.63) is 34.9 Å². The van der Waals surface area contributed by atoms with Crippen molar-refractivity contribution in [2.24, 2.45) is 5.41 Å². The van der Waals surface area contributed by atoms with Gasteiger partial charge in [0.2, 0.25) is 0 Å².